The Bertz CT molecular complexity index is 540. The Kier molecular flexibility index (Phi) is 3.96. The number of benzene rings is 1. The van der Waals surface area contributed by atoms with E-state index in [4.69, 9.17) is 10.5 Å². The molecule has 8 heteroatoms. The molecule has 0 spiro atoms. The van der Waals surface area contributed by atoms with Gasteiger partial charge in [0.1, 0.15) is 0 Å². The lowest BCUT2D eigenvalue weighted by atomic mass is 9.86. The van der Waals surface area contributed by atoms with Gasteiger partial charge in [-0.1, -0.05) is 0 Å². The number of non-ortho nitro benzene ring substituents is 1. The molecule has 0 radical (unpaired) electrons. The van der Waals surface area contributed by atoms with Crippen molar-refractivity contribution < 1.29 is 14.6 Å². The topological polar surface area (TPSA) is 122 Å². The average Bonchev–Trinajstić information content (AvgIpc) is 2.39. The average molecular weight is 281 g/mol. The highest BCUT2D eigenvalue weighted by Gasteiger charge is 2.32. The number of rotatable bonds is 4. The second kappa shape index (κ2) is 5.51. The summed E-state index contributed by atoms with van der Waals surface area (Å²) in [4.78, 5) is 20.5. The van der Waals surface area contributed by atoms with Crippen molar-refractivity contribution >= 4 is 11.4 Å². The maximum atomic E-state index is 11.1. The molecule has 2 rings (SSSR count). The second-order valence-corrected chi connectivity index (χ2v) is 5.02. The minimum absolute atomic E-state index is 0.265. The van der Waals surface area contributed by atoms with Crippen LogP contribution in [0.2, 0.25) is 0 Å². The fourth-order valence-corrected chi connectivity index (χ4v) is 2.38. The molecule has 0 bridgehead atoms. The van der Waals surface area contributed by atoms with Crippen LogP contribution in [0.25, 0.3) is 0 Å². The lowest BCUT2D eigenvalue weighted by molar-refractivity contribution is -0.394. The van der Waals surface area contributed by atoms with Crippen molar-refractivity contribution in [2.24, 2.45) is 5.73 Å². The third kappa shape index (κ3) is 3.09. The predicted octanol–water partition coefficient (Wildman–Crippen LogP) is 1.55. The van der Waals surface area contributed by atoms with Crippen molar-refractivity contribution in [2.45, 2.75) is 24.8 Å². The first kappa shape index (κ1) is 14.4. The van der Waals surface area contributed by atoms with Gasteiger partial charge in [-0.3, -0.25) is 20.2 Å². The molecule has 1 saturated heterocycles. The first-order valence-corrected chi connectivity index (χ1v) is 6.20. The van der Waals surface area contributed by atoms with Crippen molar-refractivity contribution in [3.8, 4) is 0 Å². The highest BCUT2D eigenvalue weighted by molar-refractivity contribution is 5.49. The van der Waals surface area contributed by atoms with E-state index in [0.717, 1.165) is 12.5 Å². The van der Waals surface area contributed by atoms with Crippen LogP contribution in [-0.2, 0) is 11.2 Å². The number of nitro groups is 2. The van der Waals surface area contributed by atoms with Gasteiger partial charge in [-0.05, 0) is 25.3 Å². The van der Waals surface area contributed by atoms with Crippen LogP contribution in [0.4, 0.5) is 11.4 Å². The molecule has 1 unspecified atom stereocenters. The van der Waals surface area contributed by atoms with E-state index in [2.05, 4.69) is 0 Å². The molecule has 1 heterocycles. The number of hydrogen-bond acceptors (Lipinski definition) is 6. The number of hydrogen-bond donors (Lipinski definition) is 1. The van der Waals surface area contributed by atoms with Crippen molar-refractivity contribution in [3.63, 3.8) is 0 Å². The molecule has 0 amide bonds. The van der Waals surface area contributed by atoms with Crippen LogP contribution in [0.1, 0.15) is 18.4 Å². The first-order valence-electron chi connectivity index (χ1n) is 6.20. The molecule has 1 aliphatic heterocycles. The molecule has 1 atom stereocenters. The van der Waals surface area contributed by atoms with Gasteiger partial charge in [-0.25, -0.2) is 0 Å². The van der Waals surface area contributed by atoms with Gasteiger partial charge in [0.05, 0.1) is 22.5 Å². The van der Waals surface area contributed by atoms with Crippen LogP contribution in [0.5, 0.6) is 0 Å². The van der Waals surface area contributed by atoms with E-state index in [1.807, 2.05) is 0 Å². The van der Waals surface area contributed by atoms with Crippen LogP contribution >= 0.6 is 0 Å². The smallest absolute Gasteiger partial charge is 0.279 e. The summed E-state index contributed by atoms with van der Waals surface area (Å²) in [6.07, 6.45) is 1.78. The van der Waals surface area contributed by atoms with Crippen LogP contribution in [0.3, 0.4) is 0 Å². The molecule has 20 heavy (non-hydrogen) atoms. The molecular formula is C12H15N3O5. The van der Waals surface area contributed by atoms with Gasteiger partial charge >= 0.3 is 0 Å². The fraction of sp³-hybridized carbons (Fsp3) is 0.500. The Hall–Kier alpha value is -2.06. The Morgan fingerprint density at radius 2 is 2.05 bits per heavy atom. The van der Waals surface area contributed by atoms with E-state index in [9.17, 15) is 20.2 Å². The van der Waals surface area contributed by atoms with E-state index < -0.39 is 15.4 Å². The molecule has 2 N–H and O–H groups in total. The van der Waals surface area contributed by atoms with Gasteiger partial charge in [0.2, 0.25) is 0 Å². The van der Waals surface area contributed by atoms with Crippen molar-refractivity contribution in [2.75, 3.05) is 13.2 Å². The van der Waals surface area contributed by atoms with Crippen molar-refractivity contribution in [3.05, 3.63) is 44.0 Å². The Morgan fingerprint density at radius 1 is 1.30 bits per heavy atom. The molecule has 1 fully saturated rings. The quantitative estimate of drug-likeness (QED) is 0.660. The van der Waals surface area contributed by atoms with Gasteiger partial charge in [-0.15, -0.1) is 0 Å². The molecule has 1 aliphatic rings. The van der Waals surface area contributed by atoms with Gasteiger partial charge < -0.3 is 10.5 Å². The summed E-state index contributed by atoms with van der Waals surface area (Å²) in [6, 6.07) is 3.64. The molecule has 0 aliphatic carbocycles. The lowest BCUT2D eigenvalue weighted by Crippen LogP contribution is -2.49. The number of nitro benzene ring substituents is 2. The molecule has 108 valence electrons. The van der Waals surface area contributed by atoms with Crippen LogP contribution in [0, 0.1) is 20.2 Å². The van der Waals surface area contributed by atoms with E-state index in [1.165, 1.54) is 12.1 Å². The maximum absolute atomic E-state index is 11.1. The molecule has 0 aromatic heterocycles. The summed E-state index contributed by atoms with van der Waals surface area (Å²) in [5.74, 6) is 0. The Balaban J connectivity index is 2.31. The second-order valence-electron chi connectivity index (χ2n) is 5.02. The highest BCUT2D eigenvalue weighted by Crippen LogP contribution is 2.29. The number of ether oxygens (including phenoxy) is 1. The Morgan fingerprint density at radius 3 is 2.60 bits per heavy atom. The summed E-state index contributed by atoms with van der Waals surface area (Å²) in [5, 5.41) is 21.7. The number of nitrogens with zero attached hydrogens (tertiary/aromatic N) is 2. The summed E-state index contributed by atoms with van der Waals surface area (Å²) in [5.41, 5.74) is 5.35. The molecule has 1 aromatic carbocycles. The van der Waals surface area contributed by atoms with Crippen molar-refractivity contribution in [1.82, 2.24) is 0 Å². The zero-order valence-corrected chi connectivity index (χ0v) is 10.8. The van der Waals surface area contributed by atoms with Gasteiger partial charge in [0, 0.05) is 23.8 Å². The summed E-state index contributed by atoms with van der Waals surface area (Å²) < 4.78 is 5.32. The molecule has 0 saturated carbocycles. The SMILES string of the molecule is NC1(Cc2ccc([N+](=O)[O-])cc2[N+](=O)[O-])CCCOC1. The van der Waals surface area contributed by atoms with E-state index in [-0.39, 0.29) is 17.8 Å². The summed E-state index contributed by atoms with van der Waals surface area (Å²) >= 11 is 0. The molecule has 8 nitrogen and oxygen atoms in total. The van der Waals surface area contributed by atoms with E-state index in [1.54, 1.807) is 0 Å². The third-order valence-corrected chi connectivity index (χ3v) is 3.37. The lowest BCUT2D eigenvalue weighted by Gasteiger charge is -2.33. The van der Waals surface area contributed by atoms with E-state index in [0.29, 0.717) is 25.2 Å². The van der Waals surface area contributed by atoms with E-state index >= 15 is 0 Å². The van der Waals surface area contributed by atoms with Crippen LogP contribution in [0.15, 0.2) is 18.2 Å². The van der Waals surface area contributed by atoms with Gasteiger partial charge in [0.25, 0.3) is 11.4 Å². The van der Waals surface area contributed by atoms with Gasteiger partial charge in [-0.2, -0.15) is 0 Å². The zero-order valence-electron chi connectivity index (χ0n) is 10.8. The normalized spacial score (nSPS) is 22.4. The molecular weight excluding hydrogens is 266 g/mol. The minimum Gasteiger partial charge on any atom is -0.380 e. The largest absolute Gasteiger partial charge is 0.380 e. The Labute approximate surface area is 114 Å². The van der Waals surface area contributed by atoms with Crippen molar-refractivity contribution in [1.29, 1.82) is 0 Å². The standard InChI is InChI=1S/C12H15N3O5/c13-12(4-1-5-20-8-12)7-9-2-3-10(14(16)17)6-11(9)15(18)19/h2-3,6H,1,4-5,7-8,13H2. The maximum Gasteiger partial charge on any atom is 0.279 e. The molecule has 1 aromatic rings. The summed E-state index contributed by atoms with van der Waals surface area (Å²) in [6.45, 7) is 0.975. The minimum atomic E-state index is -0.654. The highest BCUT2D eigenvalue weighted by atomic mass is 16.6. The predicted molar refractivity (Wildman–Crippen MR) is 70.4 cm³/mol. The van der Waals surface area contributed by atoms with Crippen LogP contribution < -0.4 is 5.73 Å². The van der Waals surface area contributed by atoms with Crippen LogP contribution in [-0.4, -0.2) is 28.6 Å². The zero-order chi connectivity index (χ0) is 14.8. The van der Waals surface area contributed by atoms with Gasteiger partial charge in [0.15, 0.2) is 0 Å². The fourth-order valence-electron chi connectivity index (χ4n) is 2.38. The number of nitrogens with two attached hydrogens (primary N) is 1. The summed E-state index contributed by atoms with van der Waals surface area (Å²) in [7, 11) is 0. The third-order valence-electron chi connectivity index (χ3n) is 3.37. The monoisotopic (exact) mass is 281 g/mol. The first-order chi connectivity index (χ1) is 9.41.